The Morgan fingerprint density at radius 1 is 0.860 bits per heavy atom. The number of nitrogens with zero attached hydrogens (tertiary/aromatic N) is 2. The first-order valence-electron chi connectivity index (χ1n) is 14.2. The number of hydrogen-bond acceptors (Lipinski definition) is 3. The number of piperidine rings is 1. The standard InChI is InChI=1S/C31H35F6N3O3/c1-18-4-6-20(7-5-18)26-17-40(29(43)21-8-10-25(11-9-21)38-19(2)41)13-12-27(26)39(3)28(42)22-14-23(30(32,33)34)16-24(15-22)31(35,36)37/h4-7,14-16,21,25-27H,8-13,17H2,1-3H3,(H,38,41)/t21-,25-,26?,27?. The molecular formula is C31H35F6N3O3. The summed E-state index contributed by atoms with van der Waals surface area (Å²) in [5, 5.41) is 2.89. The Labute approximate surface area is 246 Å². The normalized spacial score (nSPS) is 23.0. The lowest BCUT2D eigenvalue weighted by atomic mass is 9.82. The van der Waals surface area contributed by atoms with Crippen molar-refractivity contribution in [1.82, 2.24) is 15.1 Å². The van der Waals surface area contributed by atoms with Crippen molar-refractivity contribution in [2.75, 3.05) is 20.1 Å². The average Bonchev–Trinajstić information content (AvgIpc) is 2.95. The summed E-state index contributed by atoms with van der Waals surface area (Å²) in [6.45, 7) is 3.88. The van der Waals surface area contributed by atoms with Crippen molar-refractivity contribution < 1.29 is 40.7 Å². The van der Waals surface area contributed by atoms with Crippen LogP contribution in [0.2, 0.25) is 0 Å². The average molecular weight is 612 g/mol. The number of hydrogen-bond donors (Lipinski definition) is 1. The van der Waals surface area contributed by atoms with E-state index >= 15 is 0 Å². The number of likely N-dealkylation sites (N-methyl/N-ethyl adjacent to an activating group) is 1. The molecule has 2 atom stereocenters. The van der Waals surface area contributed by atoms with E-state index in [-0.39, 0.29) is 42.9 Å². The first kappa shape index (κ1) is 32.3. The summed E-state index contributed by atoms with van der Waals surface area (Å²) in [5.41, 5.74) is -2.03. The highest BCUT2D eigenvalue weighted by Crippen LogP contribution is 2.38. The van der Waals surface area contributed by atoms with E-state index in [9.17, 15) is 40.7 Å². The Morgan fingerprint density at radius 2 is 1.42 bits per heavy atom. The SMILES string of the molecule is CC(=O)N[C@H]1CC[C@H](C(=O)N2CCC(N(C)C(=O)c3cc(C(F)(F)F)cc(C(F)(F)F)c3)C(c3ccc(C)cc3)C2)CC1. The predicted molar refractivity (Wildman–Crippen MR) is 147 cm³/mol. The fourth-order valence-electron chi connectivity index (χ4n) is 6.21. The van der Waals surface area contributed by atoms with Crippen LogP contribution in [0.3, 0.4) is 0 Å². The number of likely N-dealkylation sites (tertiary alicyclic amines) is 1. The van der Waals surface area contributed by atoms with E-state index in [2.05, 4.69) is 5.32 Å². The van der Waals surface area contributed by atoms with E-state index in [1.165, 1.54) is 18.9 Å². The minimum atomic E-state index is -5.08. The van der Waals surface area contributed by atoms with Gasteiger partial charge in [-0.2, -0.15) is 26.3 Å². The predicted octanol–water partition coefficient (Wildman–Crippen LogP) is 6.18. The minimum absolute atomic E-state index is 0.000366. The van der Waals surface area contributed by atoms with Crippen LogP contribution in [0.4, 0.5) is 26.3 Å². The second-order valence-corrected chi connectivity index (χ2v) is 11.6. The molecule has 2 aliphatic rings. The maximum atomic E-state index is 13.6. The molecule has 2 aromatic rings. The molecule has 0 radical (unpaired) electrons. The van der Waals surface area contributed by atoms with E-state index < -0.39 is 46.9 Å². The fourth-order valence-corrected chi connectivity index (χ4v) is 6.21. The summed E-state index contributed by atoms with van der Waals surface area (Å²) in [7, 11) is 1.38. The van der Waals surface area contributed by atoms with Crippen LogP contribution in [0.15, 0.2) is 42.5 Å². The summed E-state index contributed by atoms with van der Waals surface area (Å²) in [5.74, 6) is -1.74. The summed E-state index contributed by atoms with van der Waals surface area (Å²) >= 11 is 0. The number of carbonyl (C=O) groups is 3. The van der Waals surface area contributed by atoms with Crippen molar-refractivity contribution in [2.45, 2.75) is 76.3 Å². The summed E-state index contributed by atoms with van der Waals surface area (Å²) in [6.07, 6.45) is -7.26. The van der Waals surface area contributed by atoms with E-state index in [0.29, 0.717) is 44.2 Å². The van der Waals surface area contributed by atoms with Gasteiger partial charge in [0.15, 0.2) is 0 Å². The second kappa shape index (κ2) is 12.6. The van der Waals surface area contributed by atoms with Crippen molar-refractivity contribution in [2.24, 2.45) is 5.92 Å². The highest BCUT2D eigenvalue weighted by Gasteiger charge is 2.41. The van der Waals surface area contributed by atoms with Gasteiger partial charge in [-0.05, 0) is 62.8 Å². The molecule has 0 spiro atoms. The summed E-state index contributed by atoms with van der Waals surface area (Å²) in [6, 6.07) is 7.82. The molecule has 1 saturated carbocycles. The molecule has 1 aliphatic carbocycles. The topological polar surface area (TPSA) is 69.7 Å². The molecule has 0 bridgehead atoms. The Balaban J connectivity index is 1.58. The number of alkyl halides is 6. The molecule has 1 N–H and O–H groups in total. The van der Waals surface area contributed by atoms with E-state index in [1.807, 2.05) is 31.2 Å². The van der Waals surface area contributed by atoms with Crippen LogP contribution in [0.1, 0.15) is 77.6 Å². The zero-order valence-electron chi connectivity index (χ0n) is 24.2. The first-order valence-corrected chi connectivity index (χ1v) is 14.2. The molecule has 1 aliphatic heterocycles. The van der Waals surface area contributed by atoms with Crippen molar-refractivity contribution in [1.29, 1.82) is 0 Å². The van der Waals surface area contributed by atoms with E-state index in [1.54, 1.807) is 4.90 Å². The fraction of sp³-hybridized carbons (Fsp3) is 0.516. The van der Waals surface area contributed by atoms with E-state index in [0.717, 1.165) is 11.1 Å². The number of aryl methyl sites for hydroxylation is 1. The molecule has 4 rings (SSSR count). The molecule has 234 valence electrons. The quantitative estimate of drug-likeness (QED) is 0.411. The van der Waals surface area contributed by atoms with Gasteiger partial charge in [-0.25, -0.2) is 0 Å². The molecule has 2 unspecified atom stereocenters. The Kier molecular flexibility index (Phi) is 9.46. The highest BCUT2D eigenvalue weighted by atomic mass is 19.4. The molecule has 6 nitrogen and oxygen atoms in total. The molecular weight excluding hydrogens is 576 g/mol. The van der Waals surface area contributed by atoms with Crippen molar-refractivity contribution >= 4 is 17.7 Å². The number of halogens is 6. The zero-order chi connectivity index (χ0) is 31.7. The molecule has 2 fully saturated rings. The first-order chi connectivity index (χ1) is 20.0. The van der Waals surface area contributed by atoms with Crippen LogP contribution >= 0.6 is 0 Å². The van der Waals surface area contributed by atoms with Crippen molar-refractivity contribution in [3.05, 3.63) is 70.3 Å². The third-order valence-corrected chi connectivity index (χ3v) is 8.53. The Hall–Kier alpha value is -3.57. The molecule has 1 saturated heterocycles. The van der Waals surface area contributed by atoms with Gasteiger partial charge in [0, 0.05) is 56.5 Å². The molecule has 1 heterocycles. The third-order valence-electron chi connectivity index (χ3n) is 8.53. The van der Waals surface area contributed by atoms with Crippen LogP contribution in [0.5, 0.6) is 0 Å². The molecule has 12 heteroatoms. The number of amides is 3. The van der Waals surface area contributed by atoms with Gasteiger partial charge in [-0.15, -0.1) is 0 Å². The molecule has 2 aromatic carbocycles. The van der Waals surface area contributed by atoms with Gasteiger partial charge >= 0.3 is 12.4 Å². The van der Waals surface area contributed by atoms with Crippen molar-refractivity contribution in [3.63, 3.8) is 0 Å². The van der Waals surface area contributed by atoms with Gasteiger partial charge in [0.1, 0.15) is 0 Å². The van der Waals surface area contributed by atoms with Gasteiger partial charge in [-0.3, -0.25) is 14.4 Å². The maximum absolute atomic E-state index is 13.6. The number of carbonyl (C=O) groups excluding carboxylic acids is 3. The number of nitrogens with one attached hydrogen (secondary N) is 1. The van der Waals surface area contributed by atoms with Gasteiger partial charge in [0.05, 0.1) is 11.1 Å². The summed E-state index contributed by atoms with van der Waals surface area (Å²) < 4.78 is 80.8. The van der Waals surface area contributed by atoms with Crippen LogP contribution in [-0.2, 0) is 21.9 Å². The largest absolute Gasteiger partial charge is 0.416 e. The Morgan fingerprint density at radius 3 is 1.93 bits per heavy atom. The monoisotopic (exact) mass is 611 g/mol. The third kappa shape index (κ3) is 7.69. The highest BCUT2D eigenvalue weighted by molar-refractivity contribution is 5.95. The molecule has 0 aromatic heterocycles. The zero-order valence-corrected chi connectivity index (χ0v) is 24.2. The van der Waals surface area contributed by atoms with Crippen molar-refractivity contribution in [3.8, 4) is 0 Å². The molecule has 3 amide bonds. The van der Waals surface area contributed by atoms with Gasteiger partial charge in [0.25, 0.3) is 5.91 Å². The lowest BCUT2D eigenvalue weighted by Crippen LogP contribution is -2.53. The van der Waals surface area contributed by atoms with Gasteiger partial charge < -0.3 is 15.1 Å². The van der Waals surface area contributed by atoms with Crippen LogP contribution in [0, 0.1) is 12.8 Å². The smallest absolute Gasteiger partial charge is 0.354 e. The number of benzene rings is 2. The lowest BCUT2D eigenvalue weighted by Gasteiger charge is -2.44. The van der Waals surface area contributed by atoms with Gasteiger partial charge in [-0.1, -0.05) is 29.8 Å². The van der Waals surface area contributed by atoms with Crippen LogP contribution in [0.25, 0.3) is 0 Å². The number of rotatable bonds is 5. The maximum Gasteiger partial charge on any atom is 0.416 e. The second-order valence-electron chi connectivity index (χ2n) is 11.6. The van der Waals surface area contributed by atoms with Crippen LogP contribution < -0.4 is 5.32 Å². The van der Waals surface area contributed by atoms with Crippen LogP contribution in [-0.4, -0.2) is 59.7 Å². The lowest BCUT2D eigenvalue weighted by molar-refractivity contribution is -0.143. The van der Waals surface area contributed by atoms with Gasteiger partial charge in [0.2, 0.25) is 11.8 Å². The molecule has 43 heavy (non-hydrogen) atoms. The Bertz CT molecular complexity index is 1300. The minimum Gasteiger partial charge on any atom is -0.354 e. The van der Waals surface area contributed by atoms with E-state index in [4.69, 9.17) is 0 Å². The summed E-state index contributed by atoms with van der Waals surface area (Å²) in [4.78, 5) is 41.4.